The molecule has 0 bridgehead atoms. The number of aromatic nitrogens is 1. The van der Waals surface area contributed by atoms with Crippen molar-refractivity contribution >= 4 is 33.4 Å². The maximum Gasteiger partial charge on any atom is 0.335 e. The molecule has 98 valence electrons. The largest absolute Gasteiger partial charge is 0.478 e. The number of rotatable bonds is 3. The van der Waals surface area contributed by atoms with E-state index in [0.29, 0.717) is 21.5 Å². The van der Waals surface area contributed by atoms with E-state index in [-0.39, 0.29) is 11.4 Å². The summed E-state index contributed by atoms with van der Waals surface area (Å²) in [6, 6.07) is 5.78. The van der Waals surface area contributed by atoms with Crippen LogP contribution in [0.3, 0.4) is 0 Å². The molecular weight excluding hydrogens is 315 g/mol. The molecule has 1 aromatic heterocycles. The van der Waals surface area contributed by atoms with E-state index in [0.717, 1.165) is 0 Å². The van der Waals surface area contributed by atoms with Crippen LogP contribution in [-0.4, -0.2) is 16.1 Å². The van der Waals surface area contributed by atoms with Crippen LogP contribution in [0, 0.1) is 12.7 Å². The van der Waals surface area contributed by atoms with Crippen molar-refractivity contribution in [2.24, 2.45) is 0 Å². The molecule has 0 aliphatic rings. The highest BCUT2D eigenvalue weighted by molar-refractivity contribution is 9.10. The molecule has 0 radical (unpaired) electrons. The zero-order valence-corrected chi connectivity index (χ0v) is 11.5. The monoisotopic (exact) mass is 324 g/mol. The van der Waals surface area contributed by atoms with E-state index in [4.69, 9.17) is 5.11 Å². The van der Waals surface area contributed by atoms with Gasteiger partial charge in [-0.25, -0.2) is 14.2 Å². The standard InChI is InChI=1S/C13H10BrFN2O2/c1-7-4-10(15)9(14)6-11(7)17-12-5-8(13(18)19)2-3-16-12/h2-6H,1H3,(H,16,17)(H,18,19). The number of carboxylic acids is 1. The topological polar surface area (TPSA) is 62.2 Å². The Balaban J connectivity index is 2.33. The highest BCUT2D eigenvalue weighted by Crippen LogP contribution is 2.26. The fourth-order valence-electron chi connectivity index (χ4n) is 1.55. The molecule has 2 rings (SSSR count). The molecule has 19 heavy (non-hydrogen) atoms. The molecule has 4 nitrogen and oxygen atoms in total. The number of aromatic carboxylic acids is 1. The van der Waals surface area contributed by atoms with E-state index in [2.05, 4.69) is 26.2 Å². The Morgan fingerprint density at radius 3 is 2.84 bits per heavy atom. The van der Waals surface area contributed by atoms with Gasteiger partial charge in [-0.15, -0.1) is 0 Å². The Morgan fingerprint density at radius 1 is 1.42 bits per heavy atom. The predicted octanol–water partition coefficient (Wildman–Crippen LogP) is 3.73. The number of anilines is 2. The first-order valence-corrected chi connectivity index (χ1v) is 6.18. The van der Waals surface area contributed by atoms with E-state index >= 15 is 0 Å². The highest BCUT2D eigenvalue weighted by atomic mass is 79.9. The minimum Gasteiger partial charge on any atom is -0.478 e. The maximum atomic E-state index is 13.3. The maximum absolute atomic E-state index is 13.3. The van der Waals surface area contributed by atoms with E-state index in [1.807, 2.05) is 0 Å². The van der Waals surface area contributed by atoms with Crippen LogP contribution in [0.2, 0.25) is 0 Å². The number of aryl methyl sites for hydroxylation is 1. The molecule has 0 spiro atoms. The molecule has 2 aromatic rings. The molecule has 0 saturated heterocycles. The molecule has 0 amide bonds. The molecule has 0 fully saturated rings. The van der Waals surface area contributed by atoms with Crippen LogP contribution in [0.15, 0.2) is 34.9 Å². The average molecular weight is 325 g/mol. The van der Waals surface area contributed by atoms with Crippen LogP contribution in [0.25, 0.3) is 0 Å². The summed E-state index contributed by atoms with van der Waals surface area (Å²) in [6.45, 7) is 1.75. The predicted molar refractivity (Wildman–Crippen MR) is 73.3 cm³/mol. The lowest BCUT2D eigenvalue weighted by Gasteiger charge is -2.10. The lowest BCUT2D eigenvalue weighted by Crippen LogP contribution is -2.01. The molecule has 0 unspecified atom stereocenters. The minimum atomic E-state index is -1.03. The smallest absolute Gasteiger partial charge is 0.335 e. The molecule has 1 aromatic carbocycles. The lowest BCUT2D eigenvalue weighted by atomic mass is 10.2. The lowest BCUT2D eigenvalue weighted by molar-refractivity contribution is 0.0697. The van der Waals surface area contributed by atoms with Gasteiger partial charge in [-0.2, -0.15) is 0 Å². The summed E-state index contributed by atoms with van der Waals surface area (Å²) in [5, 5.41) is 11.9. The van der Waals surface area contributed by atoms with Gasteiger partial charge in [-0.3, -0.25) is 0 Å². The third-order valence-corrected chi connectivity index (χ3v) is 3.14. The second-order valence-electron chi connectivity index (χ2n) is 3.94. The summed E-state index contributed by atoms with van der Waals surface area (Å²) >= 11 is 3.10. The summed E-state index contributed by atoms with van der Waals surface area (Å²) in [5.41, 5.74) is 1.49. The number of halogens is 2. The van der Waals surface area contributed by atoms with Crippen LogP contribution < -0.4 is 5.32 Å². The van der Waals surface area contributed by atoms with E-state index in [1.165, 1.54) is 24.4 Å². The van der Waals surface area contributed by atoms with Gasteiger partial charge in [-0.05, 0) is 52.7 Å². The van der Waals surface area contributed by atoms with Crippen molar-refractivity contribution in [3.05, 3.63) is 51.9 Å². The SMILES string of the molecule is Cc1cc(F)c(Br)cc1Nc1cc(C(=O)O)ccn1. The number of carbonyl (C=O) groups is 1. The van der Waals surface area contributed by atoms with Gasteiger partial charge in [0.25, 0.3) is 0 Å². The summed E-state index contributed by atoms with van der Waals surface area (Å²) in [4.78, 5) is 14.9. The Hall–Kier alpha value is -1.95. The quantitative estimate of drug-likeness (QED) is 0.902. The molecule has 0 aliphatic heterocycles. The van der Waals surface area contributed by atoms with Gasteiger partial charge in [0.15, 0.2) is 0 Å². The zero-order valence-electron chi connectivity index (χ0n) is 9.95. The van der Waals surface area contributed by atoms with Crippen molar-refractivity contribution in [1.82, 2.24) is 4.98 Å². The number of nitrogens with zero attached hydrogens (tertiary/aromatic N) is 1. The summed E-state index contributed by atoms with van der Waals surface area (Å²) < 4.78 is 13.6. The molecule has 1 heterocycles. The average Bonchev–Trinajstić information content (AvgIpc) is 2.36. The minimum absolute atomic E-state index is 0.135. The molecule has 2 N–H and O–H groups in total. The van der Waals surface area contributed by atoms with Crippen molar-refractivity contribution in [3.63, 3.8) is 0 Å². The fourth-order valence-corrected chi connectivity index (χ4v) is 1.89. The van der Waals surface area contributed by atoms with Crippen LogP contribution >= 0.6 is 15.9 Å². The Labute approximate surface area is 117 Å². The van der Waals surface area contributed by atoms with Crippen LogP contribution in [0.4, 0.5) is 15.9 Å². The first kappa shape index (κ1) is 13.5. The van der Waals surface area contributed by atoms with Crippen molar-refractivity contribution in [3.8, 4) is 0 Å². The van der Waals surface area contributed by atoms with Gasteiger partial charge in [0, 0.05) is 11.9 Å². The molecule has 0 aliphatic carbocycles. The van der Waals surface area contributed by atoms with Crippen LogP contribution in [0.1, 0.15) is 15.9 Å². The van der Waals surface area contributed by atoms with Gasteiger partial charge in [0.1, 0.15) is 11.6 Å². The van der Waals surface area contributed by atoms with Gasteiger partial charge < -0.3 is 10.4 Å². The van der Waals surface area contributed by atoms with E-state index in [9.17, 15) is 9.18 Å². The van der Waals surface area contributed by atoms with Gasteiger partial charge in [0.2, 0.25) is 0 Å². The third-order valence-electron chi connectivity index (χ3n) is 2.54. The van der Waals surface area contributed by atoms with Crippen LogP contribution in [0.5, 0.6) is 0 Å². The van der Waals surface area contributed by atoms with E-state index in [1.54, 1.807) is 13.0 Å². The van der Waals surface area contributed by atoms with Crippen molar-refractivity contribution in [2.45, 2.75) is 6.92 Å². The second kappa shape index (κ2) is 5.36. The summed E-state index contributed by atoms with van der Waals surface area (Å²) in [7, 11) is 0. The number of nitrogens with one attached hydrogen (secondary N) is 1. The Morgan fingerprint density at radius 2 is 2.16 bits per heavy atom. The molecule has 6 heteroatoms. The number of carboxylic acid groups (broad SMARTS) is 1. The number of pyridine rings is 1. The molecule has 0 saturated carbocycles. The van der Waals surface area contributed by atoms with Crippen LogP contribution in [-0.2, 0) is 0 Å². The highest BCUT2D eigenvalue weighted by Gasteiger charge is 2.08. The summed E-state index contributed by atoms with van der Waals surface area (Å²) in [5.74, 6) is -0.987. The first-order valence-electron chi connectivity index (χ1n) is 5.39. The fraction of sp³-hybridized carbons (Fsp3) is 0.0769. The first-order chi connectivity index (χ1) is 8.97. The Kier molecular flexibility index (Phi) is 3.80. The Bertz CT molecular complexity index is 647. The van der Waals surface area contributed by atoms with E-state index < -0.39 is 5.97 Å². The molecule has 0 atom stereocenters. The second-order valence-corrected chi connectivity index (χ2v) is 4.80. The zero-order chi connectivity index (χ0) is 14.0. The normalized spacial score (nSPS) is 10.3. The van der Waals surface area contributed by atoms with Crippen molar-refractivity contribution in [2.75, 3.05) is 5.32 Å². The van der Waals surface area contributed by atoms with Crippen molar-refractivity contribution in [1.29, 1.82) is 0 Å². The van der Waals surface area contributed by atoms with Gasteiger partial charge >= 0.3 is 5.97 Å². The number of hydrogen-bond acceptors (Lipinski definition) is 3. The third kappa shape index (κ3) is 3.08. The van der Waals surface area contributed by atoms with Gasteiger partial charge in [-0.1, -0.05) is 0 Å². The van der Waals surface area contributed by atoms with Gasteiger partial charge in [0.05, 0.1) is 10.0 Å². The number of hydrogen-bond donors (Lipinski definition) is 2. The summed E-state index contributed by atoms with van der Waals surface area (Å²) in [6.07, 6.45) is 1.40. The van der Waals surface area contributed by atoms with Crippen molar-refractivity contribution < 1.29 is 14.3 Å². The number of benzene rings is 1. The molecular formula is C13H10BrFN2O2.